The smallest absolute Gasteiger partial charge is 0.410 e. The lowest BCUT2D eigenvalue weighted by atomic mass is 9.96. The van der Waals surface area contributed by atoms with Crippen LogP contribution in [-0.4, -0.2) is 53.1 Å². The molecule has 0 spiro atoms. The van der Waals surface area contributed by atoms with Gasteiger partial charge in [-0.05, 0) is 51.2 Å². The molecule has 1 aromatic carbocycles. The third-order valence-corrected chi connectivity index (χ3v) is 5.82. The van der Waals surface area contributed by atoms with Crippen molar-refractivity contribution >= 4 is 17.5 Å². The van der Waals surface area contributed by atoms with Crippen molar-refractivity contribution in [3.8, 4) is 11.5 Å². The van der Waals surface area contributed by atoms with Crippen LogP contribution in [0.15, 0.2) is 22.7 Å². The van der Waals surface area contributed by atoms with Gasteiger partial charge in [0.25, 0.3) is 5.89 Å². The first-order chi connectivity index (χ1) is 14.0. The van der Waals surface area contributed by atoms with Crippen LogP contribution in [0.1, 0.15) is 56.3 Å². The molecular weight excluding hydrogens is 370 g/mol. The Morgan fingerprint density at radius 2 is 2.03 bits per heavy atom. The number of piperidine rings is 1. The quantitative estimate of drug-likeness (QED) is 0.738. The first-order valence-electron chi connectivity index (χ1n) is 10.2. The molecule has 1 aliphatic carbocycles. The van der Waals surface area contributed by atoms with Crippen molar-refractivity contribution in [1.29, 1.82) is 5.41 Å². The van der Waals surface area contributed by atoms with Crippen LogP contribution in [0, 0.1) is 5.41 Å². The zero-order valence-corrected chi connectivity index (χ0v) is 16.9. The zero-order chi connectivity index (χ0) is 20.4. The number of hydrogen-bond acceptors (Lipinski definition) is 7. The van der Waals surface area contributed by atoms with Gasteiger partial charge in [-0.1, -0.05) is 11.2 Å². The molecule has 8 heteroatoms. The topological polar surface area (TPSA) is 104 Å². The van der Waals surface area contributed by atoms with Gasteiger partial charge in [0.05, 0.1) is 0 Å². The van der Waals surface area contributed by atoms with E-state index in [0.29, 0.717) is 30.5 Å². The molecule has 1 aliphatic heterocycles. The lowest BCUT2D eigenvalue weighted by molar-refractivity contribution is 0.0223. The number of carbonyl (C=O) groups is 1. The minimum absolute atomic E-state index is 0.116. The van der Waals surface area contributed by atoms with Crippen molar-refractivity contribution in [2.75, 3.05) is 25.5 Å². The number of amides is 1. The minimum atomic E-state index is -0.192. The normalized spacial score (nSPS) is 17.7. The van der Waals surface area contributed by atoms with Crippen LogP contribution in [0.4, 0.5) is 10.5 Å². The summed E-state index contributed by atoms with van der Waals surface area (Å²) in [6, 6.07) is 5.70. The van der Waals surface area contributed by atoms with E-state index in [9.17, 15) is 4.79 Å². The van der Waals surface area contributed by atoms with E-state index >= 15 is 0 Å². The van der Waals surface area contributed by atoms with Gasteiger partial charge in [0, 0.05) is 48.6 Å². The van der Waals surface area contributed by atoms with Gasteiger partial charge in [0.2, 0.25) is 0 Å². The van der Waals surface area contributed by atoms with Crippen LogP contribution in [-0.2, 0) is 4.74 Å². The van der Waals surface area contributed by atoms with E-state index in [1.807, 2.05) is 25.2 Å². The summed E-state index contributed by atoms with van der Waals surface area (Å²) >= 11 is 0. The van der Waals surface area contributed by atoms with Crippen LogP contribution in [0.3, 0.4) is 0 Å². The first-order valence-corrected chi connectivity index (χ1v) is 10.2. The van der Waals surface area contributed by atoms with E-state index < -0.39 is 0 Å². The first kappa shape index (κ1) is 19.4. The second kappa shape index (κ2) is 8.23. The van der Waals surface area contributed by atoms with E-state index in [1.54, 1.807) is 11.8 Å². The molecule has 29 heavy (non-hydrogen) atoms. The molecule has 1 saturated carbocycles. The van der Waals surface area contributed by atoms with E-state index in [-0.39, 0.29) is 18.1 Å². The Morgan fingerprint density at radius 3 is 2.66 bits per heavy atom. The predicted molar refractivity (Wildman–Crippen MR) is 109 cm³/mol. The van der Waals surface area contributed by atoms with Gasteiger partial charge in [-0.3, -0.25) is 0 Å². The number of anilines is 1. The Bertz CT molecular complexity index is 897. The number of aromatic nitrogens is 2. The van der Waals surface area contributed by atoms with E-state index in [1.165, 1.54) is 0 Å². The summed E-state index contributed by atoms with van der Waals surface area (Å²) in [5.41, 5.74) is 3.01. The average molecular weight is 397 g/mol. The minimum Gasteiger partial charge on any atom is -0.446 e. The summed E-state index contributed by atoms with van der Waals surface area (Å²) in [5, 5.41) is 15.2. The monoisotopic (exact) mass is 397 g/mol. The summed E-state index contributed by atoms with van der Waals surface area (Å²) in [6.07, 6.45) is 4.65. The Kier molecular flexibility index (Phi) is 5.51. The number of ether oxygens (including phenoxy) is 1. The highest BCUT2D eigenvalue weighted by Gasteiger charge is 2.30. The van der Waals surface area contributed by atoms with Crippen LogP contribution in [0.5, 0.6) is 0 Å². The SMILES string of the molecule is CNc1cc(-c2nc(C3CCN(C(=O)OC4CCC4)CC3)no2)ccc1C(C)=N. The summed E-state index contributed by atoms with van der Waals surface area (Å²) in [5.74, 6) is 1.33. The Morgan fingerprint density at radius 1 is 1.28 bits per heavy atom. The molecule has 2 heterocycles. The lowest BCUT2D eigenvalue weighted by Gasteiger charge is -2.33. The van der Waals surface area contributed by atoms with Crippen LogP contribution in [0.2, 0.25) is 0 Å². The van der Waals surface area contributed by atoms with Crippen molar-refractivity contribution in [2.45, 2.75) is 51.0 Å². The number of hydrogen-bond donors (Lipinski definition) is 2. The number of likely N-dealkylation sites (tertiary alicyclic amines) is 1. The largest absolute Gasteiger partial charge is 0.446 e. The molecule has 2 N–H and O–H groups in total. The van der Waals surface area contributed by atoms with Crippen LogP contribution in [0.25, 0.3) is 11.5 Å². The van der Waals surface area contributed by atoms with Gasteiger partial charge in [0.1, 0.15) is 6.10 Å². The maximum absolute atomic E-state index is 12.2. The molecule has 0 unspecified atom stereocenters. The fourth-order valence-corrected chi connectivity index (χ4v) is 3.76. The Balaban J connectivity index is 1.39. The van der Waals surface area contributed by atoms with E-state index in [4.69, 9.17) is 14.7 Å². The van der Waals surface area contributed by atoms with Crippen LogP contribution >= 0.6 is 0 Å². The van der Waals surface area contributed by atoms with Crippen molar-refractivity contribution in [3.63, 3.8) is 0 Å². The van der Waals surface area contributed by atoms with Gasteiger partial charge in [-0.15, -0.1) is 0 Å². The van der Waals surface area contributed by atoms with Crippen molar-refractivity contribution in [1.82, 2.24) is 15.0 Å². The maximum Gasteiger partial charge on any atom is 0.410 e. The molecule has 154 valence electrons. The third kappa shape index (κ3) is 4.11. The summed E-state index contributed by atoms with van der Waals surface area (Å²) < 4.78 is 11.0. The highest BCUT2D eigenvalue weighted by atomic mass is 16.6. The number of benzene rings is 1. The number of nitrogens with zero attached hydrogens (tertiary/aromatic N) is 3. The standard InChI is InChI=1S/C21H27N5O3/c1-13(22)17-7-6-15(12-18(17)23-2)20-24-19(25-29-20)14-8-10-26(11-9-14)21(27)28-16-4-3-5-16/h6-7,12,14,16,22-23H,3-5,8-11H2,1-2H3. The Labute approximate surface area is 170 Å². The molecular formula is C21H27N5O3. The molecule has 0 atom stereocenters. The fraction of sp³-hybridized carbons (Fsp3) is 0.524. The highest BCUT2D eigenvalue weighted by Crippen LogP contribution is 2.30. The molecule has 8 nitrogen and oxygen atoms in total. The number of nitrogens with one attached hydrogen (secondary N) is 2. The van der Waals surface area contributed by atoms with Gasteiger partial charge >= 0.3 is 6.09 Å². The summed E-state index contributed by atoms with van der Waals surface area (Å²) in [7, 11) is 1.83. The van der Waals surface area contributed by atoms with E-state index in [2.05, 4.69) is 15.5 Å². The number of carbonyl (C=O) groups excluding carboxylic acids is 1. The highest BCUT2D eigenvalue weighted by molar-refractivity contribution is 6.02. The van der Waals surface area contributed by atoms with Gasteiger partial charge in [-0.25, -0.2) is 4.79 Å². The van der Waals surface area contributed by atoms with Gasteiger partial charge in [-0.2, -0.15) is 4.98 Å². The maximum atomic E-state index is 12.2. The Hall–Kier alpha value is -2.90. The fourth-order valence-electron chi connectivity index (χ4n) is 3.76. The molecule has 1 amide bonds. The second-order valence-electron chi connectivity index (χ2n) is 7.79. The summed E-state index contributed by atoms with van der Waals surface area (Å²) in [6.45, 7) is 3.06. The molecule has 1 saturated heterocycles. The van der Waals surface area contributed by atoms with Gasteiger partial charge < -0.3 is 24.9 Å². The number of rotatable bonds is 5. The van der Waals surface area contributed by atoms with Crippen LogP contribution < -0.4 is 5.32 Å². The average Bonchev–Trinajstić information content (AvgIpc) is 3.20. The molecule has 1 aromatic heterocycles. The molecule has 0 radical (unpaired) electrons. The molecule has 2 aliphatic rings. The molecule has 4 rings (SSSR count). The summed E-state index contributed by atoms with van der Waals surface area (Å²) in [4.78, 5) is 18.6. The van der Waals surface area contributed by atoms with Gasteiger partial charge in [0.15, 0.2) is 5.82 Å². The van der Waals surface area contributed by atoms with Crippen molar-refractivity contribution in [3.05, 3.63) is 29.6 Å². The van der Waals surface area contributed by atoms with Crippen molar-refractivity contribution in [2.24, 2.45) is 0 Å². The van der Waals surface area contributed by atoms with E-state index in [0.717, 1.165) is 48.9 Å². The molecule has 0 bridgehead atoms. The molecule has 2 fully saturated rings. The lowest BCUT2D eigenvalue weighted by Crippen LogP contribution is -2.41. The second-order valence-corrected chi connectivity index (χ2v) is 7.79. The molecule has 2 aromatic rings. The van der Waals surface area contributed by atoms with Crippen molar-refractivity contribution < 1.29 is 14.1 Å². The predicted octanol–water partition coefficient (Wildman–Crippen LogP) is 4.03. The third-order valence-electron chi connectivity index (χ3n) is 5.82. The zero-order valence-electron chi connectivity index (χ0n) is 16.9.